The van der Waals surface area contributed by atoms with Crippen LogP contribution in [0.3, 0.4) is 0 Å². The molecule has 27 heavy (non-hydrogen) atoms. The van der Waals surface area contributed by atoms with E-state index in [1.165, 1.54) is 0 Å². The summed E-state index contributed by atoms with van der Waals surface area (Å²) >= 11 is 0. The molecule has 0 saturated carbocycles. The van der Waals surface area contributed by atoms with Gasteiger partial charge in [0.25, 0.3) is 0 Å². The van der Waals surface area contributed by atoms with E-state index in [9.17, 15) is 13.2 Å². The van der Waals surface area contributed by atoms with Gasteiger partial charge in [0.2, 0.25) is 0 Å². The van der Waals surface area contributed by atoms with Crippen molar-refractivity contribution < 1.29 is 13.2 Å². The smallest absolute Gasteiger partial charge is 0.321 e. The van der Waals surface area contributed by atoms with Gasteiger partial charge in [-0.05, 0) is 44.9 Å². The van der Waals surface area contributed by atoms with Crippen LogP contribution in [0.15, 0.2) is 24.3 Å². The van der Waals surface area contributed by atoms with Crippen LogP contribution in [0.5, 0.6) is 0 Å². The highest BCUT2D eigenvalue weighted by atomic mass is 32.2. The van der Waals surface area contributed by atoms with Crippen molar-refractivity contribution in [3.8, 4) is 0 Å². The maximum Gasteiger partial charge on any atom is 0.321 e. The lowest BCUT2D eigenvalue weighted by atomic mass is 10.1. The quantitative estimate of drug-likeness (QED) is 0.870. The summed E-state index contributed by atoms with van der Waals surface area (Å²) < 4.78 is 25.4. The number of nitrogens with zero attached hydrogens (tertiary/aromatic N) is 3. The summed E-state index contributed by atoms with van der Waals surface area (Å²) in [5, 5.41) is 7.45. The van der Waals surface area contributed by atoms with Gasteiger partial charge in [-0.15, -0.1) is 0 Å². The summed E-state index contributed by atoms with van der Waals surface area (Å²) in [5.41, 5.74) is 4.54. The van der Waals surface area contributed by atoms with Crippen molar-refractivity contribution in [2.45, 2.75) is 39.8 Å². The Hall–Kier alpha value is -2.35. The van der Waals surface area contributed by atoms with E-state index in [0.717, 1.165) is 28.2 Å². The number of aryl methyl sites for hydroxylation is 2. The third-order valence-corrected chi connectivity index (χ3v) is 6.79. The third kappa shape index (κ3) is 4.32. The summed E-state index contributed by atoms with van der Waals surface area (Å²) in [5.74, 6) is 0.349. The van der Waals surface area contributed by atoms with E-state index >= 15 is 0 Å². The van der Waals surface area contributed by atoms with Crippen LogP contribution in [-0.2, 0) is 16.4 Å². The molecule has 1 atom stereocenters. The normalized spacial score (nSPS) is 18.4. The van der Waals surface area contributed by atoms with E-state index in [-0.39, 0.29) is 23.6 Å². The number of benzene rings is 1. The maximum absolute atomic E-state index is 12.5. The van der Waals surface area contributed by atoms with Gasteiger partial charge in [-0.25, -0.2) is 13.2 Å². The van der Waals surface area contributed by atoms with Crippen molar-refractivity contribution in [2.24, 2.45) is 0 Å². The number of anilines is 1. The topological polar surface area (TPSA) is 84.3 Å². The van der Waals surface area contributed by atoms with Gasteiger partial charge in [-0.1, -0.05) is 12.1 Å². The van der Waals surface area contributed by atoms with Crippen LogP contribution in [0.25, 0.3) is 0 Å². The second-order valence-electron chi connectivity index (χ2n) is 7.31. The average molecular weight is 391 g/mol. The van der Waals surface area contributed by atoms with Gasteiger partial charge in [0.05, 0.1) is 29.8 Å². The number of rotatable bonds is 4. The van der Waals surface area contributed by atoms with Gasteiger partial charge < -0.3 is 10.2 Å². The van der Waals surface area contributed by atoms with E-state index < -0.39 is 9.84 Å². The largest absolute Gasteiger partial charge is 0.323 e. The summed E-state index contributed by atoms with van der Waals surface area (Å²) in [6.07, 6.45) is 0.591. The van der Waals surface area contributed by atoms with Gasteiger partial charge in [0.15, 0.2) is 9.84 Å². The minimum atomic E-state index is -2.97. The Morgan fingerprint density at radius 1 is 1.33 bits per heavy atom. The highest BCUT2D eigenvalue weighted by Gasteiger charge is 2.31. The van der Waals surface area contributed by atoms with Crippen molar-refractivity contribution in [1.29, 1.82) is 0 Å². The standard InChI is InChI=1S/C19H26N4O3S/c1-13-6-5-7-16(10-13)20-19(24)22(4)11-18-14(2)21-23(15(18)3)17-8-9-27(25,26)12-17/h5-7,10,17H,8-9,11-12H2,1-4H3,(H,20,24). The molecule has 2 heterocycles. The number of hydrogen-bond acceptors (Lipinski definition) is 4. The lowest BCUT2D eigenvalue weighted by Crippen LogP contribution is -2.31. The zero-order valence-electron chi connectivity index (χ0n) is 16.2. The highest BCUT2D eigenvalue weighted by molar-refractivity contribution is 7.91. The molecule has 1 saturated heterocycles. The highest BCUT2D eigenvalue weighted by Crippen LogP contribution is 2.27. The molecule has 2 aromatic rings. The lowest BCUT2D eigenvalue weighted by molar-refractivity contribution is 0.220. The van der Waals surface area contributed by atoms with Gasteiger partial charge in [-0.2, -0.15) is 5.10 Å². The number of hydrogen-bond donors (Lipinski definition) is 1. The van der Waals surface area contributed by atoms with Crippen molar-refractivity contribution in [2.75, 3.05) is 23.9 Å². The minimum Gasteiger partial charge on any atom is -0.323 e. The zero-order valence-corrected chi connectivity index (χ0v) is 17.0. The molecule has 1 unspecified atom stereocenters. The van der Waals surface area contributed by atoms with Gasteiger partial charge in [0.1, 0.15) is 0 Å². The van der Waals surface area contributed by atoms with E-state index in [2.05, 4.69) is 10.4 Å². The Kier molecular flexibility index (Phi) is 5.28. The molecule has 0 radical (unpaired) electrons. The number of sulfone groups is 1. The average Bonchev–Trinajstić information content (AvgIpc) is 3.08. The predicted molar refractivity (Wildman–Crippen MR) is 106 cm³/mol. The molecule has 1 aromatic heterocycles. The lowest BCUT2D eigenvalue weighted by Gasteiger charge is -2.19. The summed E-state index contributed by atoms with van der Waals surface area (Å²) in [4.78, 5) is 14.1. The molecule has 0 aliphatic carbocycles. The molecule has 1 aliphatic rings. The van der Waals surface area contributed by atoms with Crippen LogP contribution in [0, 0.1) is 20.8 Å². The summed E-state index contributed by atoms with van der Waals surface area (Å²) in [6, 6.07) is 7.33. The first-order valence-electron chi connectivity index (χ1n) is 9.00. The molecule has 1 N–H and O–H groups in total. The van der Waals surface area contributed by atoms with Crippen LogP contribution in [0.2, 0.25) is 0 Å². The minimum absolute atomic E-state index is 0.117. The molecule has 0 spiro atoms. The number of carbonyl (C=O) groups is 1. The first-order valence-corrected chi connectivity index (χ1v) is 10.8. The second kappa shape index (κ2) is 7.34. The van der Waals surface area contributed by atoms with Crippen molar-refractivity contribution in [3.05, 3.63) is 46.8 Å². The number of amides is 2. The molecule has 3 rings (SSSR count). The molecule has 8 heteroatoms. The molecule has 146 valence electrons. The number of aromatic nitrogens is 2. The van der Waals surface area contributed by atoms with Gasteiger partial charge >= 0.3 is 6.03 Å². The fourth-order valence-corrected chi connectivity index (χ4v) is 5.19. The second-order valence-corrected chi connectivity index (χ2v) is 9.54. The Labute approximate surface area is 160 Å². The van der Waals surface area contributed by atoms with Crippen LogP contribution >= 0.6 is 0 Å². The summed E-state index contributed by atoms with van der Waals surface area (Å²) in [7, 11) is -1.24. The van der Waals surface area contributed by atoms with E-state index in [0.29, 0.717) is 13.0 Å². The van der Waals surface area contributed by atoms with Gasteiger partial charge in [-0.3, -0.25) is 4.68 Å². The molecular formula is C19H26N4O3S. The SMILES string of the molecule is Cc1cccc(NC(=O)N(C)Cc2c(C)nn(C3CCS(=O)(=O)C3)c2C)c1. The van der Waals surface area contributed by atoms with Crippen molar-refractivity contribution >= 4 is 21.6 Å². The fraction of sp³-hybridized carbons (Fsp3) is 0.474. The van der Waals surface area contributed by atoms with Crippen LogP contribution in [-0.4, -0.2) is 47.7 Å². The number of carbonyl (C=O) groups excluding carboxylic acids is 1. The summed E-state index contributed by atoms with van der Waals surface area (Å²) in [6.45, 7) is 6.22. The molecule has 0 bridgehead atoms. The molecule has 2 amide bonds. The van der Waals surface area contributed by atoms with Crippen molar-refractivity contribution in [3.63, 3.8) is 0 Å². The fourth-order valence-electron chi connectivity index (χ4n) is 3.50. The number of nitrogens with one attached hydrogen (secondary N) is 1. The zero-order chi connectivity index (χ0) is 19.8. The Morgan fingerprint density at radius 3 is 2.70 bits per heavy atom. The maximum atomic E-state index is 12.5. The Balaban J connectivity index is 1.72. The van der Waals surface area contributed by atoms with Crippen LogP contribution < -0.4 is 5.32 Å². The predicted octanol–water partition coefficient (Wildman–Crippen LogP) is 2.83. The molecule has 1 aliphatic heterocycles. The van der Waals surface area contributed by atoms with E-state index in [4.69, 9.17) is 0 Å². The Morgan fingerprint density at radius 2 is 2.07 bits per heavy atom. The number of urea groups is 1. The molecule has 1 fully saturated rings. The monoisotopic (exact) mass is 390 g/mol. The van der Waals surface area contributed by atoms with Gasteiger partial charge in [0, 0.05) is 24.0 Å². The third-order valence-electron chi connectivity index (χ3n) is 5.04. The van der Waals surface area contributed by atoms with Crippen molar-refractivity contribution in [1.82, 2.24) is 14.7 Å². The van der Waals surface area contributed by atoms with E-state index in [1.807, 2.05) is 49.7 Å². The van der Waals surface area contributed by atoms with Crippen LogP contribution in [0.1, 0.15) is 35.0 Å². The van der Waals surface area contributed by atoms with E-state index in [1.54, 1.807) is 11.9 Å². The molecule has 7 nitrogen and oxygen atoms in total. The van der Waals surface area contributed by atoms with Crippen LogP contribution in [0.4, 0.5) is 10.5 Å². The molecule has 1 aromatic carbocycles. The molecular weight excluding hydrogens is 364 g/mol. The first kappa shape index (κ1) is 19.4. The Bertz CT molecular complexity index is 965. The first-order chi connectivity index (χ1) is 12.7.